The van der Waals surface area contributed by atoms with E-state index in [1.807, 2.05) is 26.0 Å². The number of aryl methyl sites for hydroxylation is 1. The normalized spacial score (nSPS) is 23.3. The minimum Gasteiger partial charge on any atom is -0.372 e. The van der Waals surface area contributed by atoms with Crippen LogP contribution in [0.1, 0.15) is 40.6 Å². The highest BCUT2D eigenvalue weighted by atomic mass is 35.5. The van der Waals surface area contributed by atoms with Crippen LogP contribution < -0.4 is 5.32 Å². The zero-order chi connectivity index (χ0) is 18.6. The molecule has 1 N–H and O–H groups in total. The molecule has 1 aliphatic carbocycles. The van der Waals surface area contributed by atoms with Gasteiger partial charge in [0.15, 0.2) is 0 Å². The molecule has 0 amide bonds. The van der Waals surface area contributed by atoms with E-state index in [1.165, 1.54) is 0 Å². The Morgan fingerprint density at radius 2 is 1.96 bits per heavy atom. The van der Waals surface area contributed by atoms with Crippen LogP contribution in [-0.2, 0) is 0 Å². The smallest absolute Gasteiger partial charge is 0.292 e. The SMILES string of the molecule is Cc1cc([N+](=O)[O-])c2c(c1C)[C@@H]1C=CC[C@@H]1[C@H](c1ccc(Cl)c(Cl)c1)N2. The van der Waals surface area contributed by atoms with Gasteiger partial charge in [0.25, 0.3) is 5.69 Å². The van der Waals surface area contributed by atoms with Gasteiger partial charge in [0.2, 0.25) is 0 Å². The molecule has 0 unspecified atom stereocenters. The van der Waals surface area contributed by atoms with Crippen LogP contribution in [0.3, 0.4) is 0 Å². The lowest BCUT2D eigenvalue weighted by Crippen LogP contribution is -2.30. The van der Waals surface area contributed by atoms with Gasteiger partial charge in [-0.15, -0.1) is 0 Å². The van der Waals surface area contributed by atoms with E-state index in [9.17, 15) is 10.1 Å². The number of nitrogens with one attached hydrogen (secondary N) is 1. The largest absolute Gasteiger partial charge is 0.372 e. The average Bonchev–Trinajstić information content (AvgIpc) is 3.08. The molecular formula is C20H18Cl2N2O2. The second kappa shape index (κ2) is 6.29. The summed E-state index contributed by atoms with van der Waals surface area (Å²) in [5.74, 6) is 0.448. The quantitative estimate of drug-likeness (QED) is 0.370. The second-order valence-corrected chi connectivity index (χ2v) is 7.85. The lowest BCUT2D eigenvalue weighted by atomic mass is 9.74. The molecule has 4 rings (SSSR count). The number of benzene rings is 2. The van der Waals surface area contributed by atoms with Crippen LogP contribution in [0.2, 0.25) is 10.0 Å². The van der Waals surface area contributed by atoms with Gasteiger partial charge in [-0.2, -0.15) is 0 Å². The fourth-order valence-corrected chi connectivity index (χ4v) is 4.57. The maximum absolute atomic E-state index is 11.7. The number of nitro benzene ring substituents is 1. The maximum atomic E-state index is 11.7. The third-order valence-corrected chi connectivity index (χ3v) is 6.39. The Hall–Kier alpha value is -2.04. The van der Waals surface area contributed by atoms with E-state index in [0.717, 1.165) is 28.7 Å². The molecule has 0 bridgehead atoms. The summed E-state index contributed by atoms with van der Waals surface area (Å²) in [6, 6.07) is 7.18. The molecule has 134 valence electrons. The van der Waals surface area contributed by atoms with Gasteiger partial charge in [-0.25, -0.2) is 0 Å². The molecule has 2 aliphatic rings. The summed E-state index contributed by atoms with van der Waals surface area (Å²) in [5, 5.41) is 16.1. The molecule has 6 heteroatoms. The zero-order valence-corrected chi connectivity index (χ0v) is 15.9. The van der Waals surface area contributed by atoms with Gasteiger partial charge >= 0.3 is 0 Å². The van der Waals surface area contributed by atoms with Gasteiger partial charge < -0.3 is 5.32 Å². The molecular weight excluding hydrogens is 371 g/mol. The van der Waals surface area contributed by atoms with Crippen molar-refractivity contribution in [1.29, 1.82) is 0 Å². The average molecular weight is 389 g/mol. The van der Waals surface area contributed by atoms with Crippen LogP contribution in [0.4, 0.5) is 11.4 Å². The number of fused-ring (bicyclic) bond motifs is 3. The standard InChI is InChI=1S/C20H18Cl2N2O2/c1-10-8-17(24(25)26)20-18(11(10)2)13-4-3-5-14(13)19(23-20)12-6-7-15(21)16(22)9-12/h3-4,6-9,13-14,19,23H,5H2,1-2H3/t13-,14+,19+/m1/s1. The Morgan fingerprint density at radius 3 is 2.65 bits per heavy atom. The maximum Gasteiger partial charge on any atom is 0.292 e. The van der Waals surface area contributed by atoms with Gasteiger partial charge in [-0.3, -0.25) is 10.1 Å². The van der Waals surface area contributed by atoms with E-state index < -0.39 is 0 Å². The lowest BCUT2D eigenvalue weighted by molar-refractivity contribution is -0.384. The third-order valence-electron chi connectivity index (χ3n) is 5.65. The molecule has 0 saturated carbocycles. The Balaban J connectivity index is 1.90. The molecule has 2 aromatic rings. The van der Waals surface area contributed by atoms with Gasteiger partial charge in [0, 0.05) is 12.0 Å². The summed E-state index contributed by atoms with van der Waals surface area (Å²) in [6.07, 6.45) is 5.28. The van der Waals surface area contributed by atoms with Gasteiger partial charge in [0.1, 0.15) is 5.69 Å². The van der Waals surface area contributed by atoms with Crippen molar-refractivity contribution in [2.24, 2.45) is 5.92 Å². The second-order valence-electron chi connectivity index (χ2n) is 7.03. The van der Waals surface area contributed by atoms with Crippen molar-refractivity contribution >= 4 is 34.6 Å². The molecule has 0 fully saturated rings. The highest BCUT2D eigenvalue weighted by Gasteiger charge is 2.41. The van der Waals surface area contributed by atoms with Gasteiger partial charge in [0.05, 0.1) is 21.0 Å². The van der Waals surface area contributed by atoms with Crippen LogP contribution in [0.15, 0.2) is 36.4 Å². The van der Waals surface area contributed by atoms with Crippen molar-refractivity contribution in [1.82, 2.24) is 0 Å². The number of halogens is 2. The first-order valence-electron chi connectivity index (χ1n) is 8.55. The molecule has 3 atom stereocenters. The molecule has 0 radical (unpaired) electrons. The number of nitro groups is 1. The van der Waals surface area contributed by atoms with Crippen molar-refractivity contribution in [2.45, 2.75) is 32.2 Å². The fraction of sp³-hybridized carbons (Fsp3) is 0.300. The third kappa shape index (κ3) is 2.60. The van der Waals surface area contributed by atoms with Crippen molar-refractivity contribution in [2.75, 3.05) is 5.32 Å². The first kappa shape index (κ1) is 17.4. The van der Waals surface area contributed by atoms with Crippen LogP contribution in [-0.4, -0.2) is 4.92 Å². The van der Waals surface area contributed by atoms with E-state index in [1.54, 1.807) is 12.1 Å². The Kier molecular flexibility index (Phi) is 4.20. The molecule has 0 saturated heterocycles. The van der Waals surface area contributed by atoms with Crippen LogP contribution in [0.5, 0.6) is 0 Å². The summed E-state index contributed by atoms with van der Waals surface area (Å²) >= 11 is 12.3. The summed E-state index contributed by atoms with van der Waals surface area (Å²) in [6.45, 7) is 3.98. The highest BCUT2D eigenvalue weighted by Crippen LogP contribution is 2.53. The first-order valence-corrected chi connectivity index (χ1v) is 9.30. The van der Waals surface area contributed by atoms with E-state index in [2.05, 4.69) is 17.5 Å². The molecule has 1 heterocycles. The van der Waals surface area contributed by atoms with Crippen molar-refractivity contribution in [3.63, 3.8) is 0 Å². The van der Waals surface area contributed by atoms with E-state index in [0.29, 0.717) is 21.7 Å². The predicted molar refractivity (Wildman–Crippen MR) is 105 cm³/mol. The van der Waals surface area contributed by atoms with E-state index in [-0.39, 0.29) is 22.6 Å². The van der Waals surface area contributed by atoms with Crippen molar-refractivity contribution in [3.05, 3.63) is 78.8 Å². The minimum absolute atomic E-state index is 0.0573. The Bertz CT molecular complexity index is 955. The zero-order valence-electron chi connectivity index (χ0n) is 14.4. The van der Waals surface area contributed by atoms with Crippen LogP contribution in [0.25, 0.3) is 0 Å². The summed E-state index contributed by atoms with van der Waals surface area (Å²) < 4.78 is 0. The number of hydrogen-bond acceptors (Lipinski definition) is 3. The van der Waals surface area contributed by atoms with Crippen molar-refractivity contribution in [3.8, 4) is 0 Å². The molecule has 4 nitrogen and oxygen atoms in total. The monoisotopic (exact) mass is 388 g/mol. The number of allylic oxidation sites excluding steroid dienone is 2. The van der Waals surface area contributed by atoms with Gasteiger partial charge in [-0.05, 0) is 60.6 Å². The summed E-state index contributed by atoms with van der Waals surface area (Å²) in [7, 11) is 0. The predicted octanol–water partition coefficient (Wildman–Crippen LogP) is 6.34. The minimum atomic E-state index is -0.302. The van der Waals surface area contributed by atoms with Crippen LogP contribution >= 0.6 is 23.2 Å². The molecule has 2 aromatic carbocycles. The number of hydrogen-bond donors (Lipinski definition) is 1. The topological polar surface area (TPSA) is 55.2 Å². The van der Waals surface area contributed by atoms with Crippen molar-refractivity contribution < 1.29 is 4.92 Å². The first-order chi connectivity index (χ1) is 12.4. The molecule has 0 spiro atoms. The van der Waals surface area contributed by atoms with Crippen LogP contribution in [0, 0.1) is 29.9 Å². The van der Waals surface area contributed by atoms with E-state index in [4.69, 9.17) is 23.2 Å². The molecule has 0 aromatic heterocycles. The Labute approximate surface area is 162 Å². The highest BCUT2D eigenvalue weighted by molar-refractivity contribution is 6.42. The number of nitrogens with zero attached hydrogens (tertiary/aromatic N) is 1. The number of anilines is 1. The Morgan fingerprint density at radius 1 is 1.19 bits per heavy atom. The summed E-state index contributed by atoms with van der Waals surface area (Å²) in [4.78, 5) is 11.4. The van der Waals surface area contributed by atoms with E-state index >= 15 is 0 Å². The fourth-order valence-electron chi connectivity index (χ4n) is 4.26. The summed E-state index contributed by atoms with van der Waals surface area (Å²) in [5.41, 5.74) is 4.87. The van der Waals surface area contributed by atoms with Gasteiger partial charge in [-0.1, -0.05) is 41.4 Å². The molecule has 26 heavy (non-hydrogen) atoms. The lowest BCUT2D eigenvalue weighted by Gasteiger charge is -2.38. The molecule has 1 aliphatic heterocycles. The number of rotatable bonds is 2.